The Labute approximate surface area is 182 Å². The van der Waals surface area contributed by atoms with Gasteiger partial charge in [-0.2, -0.15) is 0 Å². The minimum Gasteiger partial charge on any atom is -0.439 e. The van der Waals surface area contributed by atoms with Crippen LogP contribution in [-0.4, -0.2) is 31.1 Å². The highest BCUT2D eigenvalue weighted by atomic mass is 16.5. The molecule has 9 nitrogen and oxygen atoms in total. The molecule has 0 fully saturated rings. The molecular weight excluding hydrogens is 406 g/mol. The first-order valence-corrected chi connectivity index (χ1v) is 9.87. The first-order chi connectivity index (χ1) is 15.7. The van der Waals surface area contributed by atoms with Gasteiger partial charge < -0.3 is 15.8 Å². The number of hydrogen-bond acceptors (Lipinski definition) is 7. The van der Waals surface area contributed by atoms with E-state index in [0.29, 0.717) is 34.2 Å². The molecule has 32 heavy (non-hydrogen) atoms. The van der Waals surface area contributed by atoms with Crippen molar-refractivity contribution in [3.8, 4) is 23.0 Å². The summed E-state index contributed by atoms with van der Waals surface area (Å²) in [5.41, 5.74) is 8.67. The predicted molar refractivity (Wildman–Crippen MR) is 123 cm³/mol. The van der Waals surface area contributed by atoms with E-state index >= 15 is 0 Å². The molecular formula is C23H19N7O2. The fourth-order valence-corrected chi connectivity index (χ4v) is 3.49. The number of rotatable bonds is 5. The lowest BCUT2D eigenvalue weighted by atomic mass is 10.2. The number of nitrogen functional groups attached to an aromatic ring is 1. The molecule has 0 radical (unpaired) electrons. The number of imidazole rings is 1. The number of nitrogens with zero attached hydrogens (tertiary/aromatic N) is 5. The highest BCUT2D eigenvalue weighted by Crippen LogP contribution is 2.25. The normalized spacial score (nSPS) is 10.9. The van der Waals surface area contributed by atoms with Crippen LogP contribution in [0.3, 0.4) is 0 Å². The molecule has 0 spiro atoms. The number of nitrogens with two attached hydrogens (primary N) is 1. The minimum atomic E-state index is -0.334. The van der Waals surface area contributed by atoms with E-state index < -0.39 is 0 Å². The highest BCUT2D eigenvalue weighted by Gasteiger charge is 2.20. The van der Waals surface area contributed by atoms with Crippen molar-refractivity contribution in [3.63, 3.8) is 0 Å². The van der Waals surface area contributed by atoms with Crippen LogP contribution in [0.25, 0.3) is 22.5 Å². The maximum atomic E-state index is 13.5. The summed E-state index contributed by atoms with van der Waals surface area (Å²) in [6.45, 7) is 0. The summed E-state index contributed by atoms with van der Waals surface area (Å²) in [6.07, 6.45) is 2.90. The number of hydrogen-bond donors (Lipinski definition) is 2. The molecule has 5 rings (SSSR count). The third-order valence-corrected chi connectivity index (χ3v) is 4.99. The average molecular weight is 425 g/mol. The molecule has 0 saturated heterocycles. The second-order valence-corrected chi connectivity index (χ2v) is 6.95. The topological polar surface area (TPSA) is 113 Å². The van der Waals surface area contributed by atoms with Gasteiger partial charge in [0.1, 0.15) is 17.6 Å². The van der Waals surface area contributed by atoms with E-state index in [1.165, 1.54) is 15.5 Å². The van der Waals surface area contributed by atoms with E-state index in [9.17, 15) is 4.79 Å². The van der Waals surface area contributed by atoms with Crippen LogP contribution in [0.1, 0.15) is 0 Å². The number of para-hydroxylation sites is 1. The third kappa shape index (κ3) is 3.31. The lowest BCUT2D eigenvalue weighted by Crippen LogP contribution is -2.22. The molecule has 0 saturated carbocycles. The van der Waals surface area contributed by atoms with Crippen LogP contribution in [0.2, 0.25) is 0 Å². The summed E-state index contributed by atoms with van der Waals surface area (Å²) in [4.78, 5) is 26.3. The van der Waals surface area contributed by atoms with Crippen molar-refractivity contribution < 1.29 is 4.74 Å². The zero-order chi connectivity index (χ0) is 22.1. The number of nitrogens with one attached hydrogen (secondary N) is 1. The summed E-state index contributed by atoms with van der Waals surface area (Å²) >= 11 is 0. The average Bonchev–Trinajstić information content (AvgIpc) is 3.13. The second kappa shape index (κ2) is 7.88. The van der Waals surface area contributed by atoms with Gasteiger partial charge in [-0.15, -0.1) is 0 Å². The molecule has 0 aliphatic heterocycles. The van der Waals surface area contributed by atoms with E-state index in [4.69, 9.17) is 10.5 Å². The maximum absolute atomic E-state index is 13.5. The lowest BCUT2D eigenvalue weighted by molar-refractivity contribution is 0.463. The Bertz CT molecular complexity index is 1460. The Morgan fingerprint density at radius 1 is 0.906 bits per heavy atom. The summed E-state index contributed by atoms with van der Waals surface area (Å²) < 4.78 is 8.71. The van der Waals surface area contributed by atoms with E-state index in [-0.39, 0.29) is 11.5 Å². The van der Waals surface area contributed by atoms with Gasteiger partial charge in [-0.25, -0.2) is 24.3 Å². The monoisotopic (exact) mass is 425 g/mol. The van der Waals surface area contributed by atoms with Crippen LogP contribution in [0.5, 0.6) is 11.6 Å². The van der Waals surface area contributed by atoms with Crippen molar-refractivity contribution in [3.05, 3.63) is 89.7 Å². The third-order valence-electron chi connectivity index (χ3n) is 4.99. The number of benzene rings is 2. The molecule has 0 aliphatic rings. The van der Waals surface area contributed by atoms with Gasteiger partial charge in [0, 0.05) is 18.8 Å². The van der Waals surface area contributed by atoms with Gasteiger partial charge >= 0.3 is 5.69 Å². The van der Waals surface area contributed by atoms with Crippen LogP contribution in [0.15, 0.2) is 84.0 Å². The second-order valence-electron chi connectivity index (χ2n) is 6.95. The van der Waals surface area contributed by atoms with E-state index in [1.54, 1.807) is 18.3 Å². The molecule has 3 N–H and O–H groups in total. The Balaban J connectivity index is 1.65. The lowest BCUT2D eigenvalue weighted by Gasteiger charge is -2.07. The molecule has 0 atom stereocenters. The zero-order valence-electron chi connectivity index (χ0n) is 17.1. The number of fused-ring (bicyclic) bond motifs is 1. The number of pyridine rings is 1. The van der Waals surface area contributed by atoms with Crippen LogP contribution < -0.4 is 21.5 Å². The first-order valence-electron chi connectivity index (χ1n) is 9.87. The Hall–Kier alpha value is -4.66. The van der Waals surface area contributed by atoms with Crippen molar-refractivity contribution in [1.82, 2.24) is 24.1 Å². The van der Waals surface area contributed by atoms with Gasteiger partial charge in [-0.1, -0.05) is 24.3 Å². The molecule has 9 heteroatoms. The summed E-state index contributed by atoms with van der Waals surface area (Å²) in [5, 5.41) is 3.08. The maximum Gasteiger partial charge on any atom is 0.339 e. The quantitative estimate of drug-likeness (QED) is 0.444. The highest BCUT2D eigenvalue weighted by molar-refractivity contribution is 5.85. The fraction of sp³-hybridized carbons (Fsp3) is 0.0435. The molecule has 0 amide bonds. The van der Waals surface area contributed by atoms with Crippen molar-refractivity contribution in [2.45, 2.75) is 0 Å². The van der Waals surface area contributed by atoms with Gasteiger partial charge in [0.15, 0.2) is 11.5 Å². The Morgan fingerprint density at radius 3 is 2.50 bits per heavy atom. The molecule has 0 bridgehead atoms. The molecule has 3 aromatic heterocycles. The van der Waals surface area contributed by atoms with Crippen LogP contribution >= 0.6 is 0 Å². The minimum absolute atomic E-state index is 0.195. The van der Waals surface area contributed by atoms with Crippen molar-refractivity contribution >= 4 is 22.7 Å². The predicted octanol–water partition coefficient (Wildman–Crippen LogP) is 3.38. The van der Waals surface area contributed by atoms with Gasteiger partial charge in [0.2, 0.25) is 5.88 Å². The molecule has 5 aromatic rings. The van der Waals surface area contributed by atoms with Crippen LogP contribution in [-0.2, 0) is 0 Å². The SMILES string of the molecule is CNc1cccc(-n2c(=O)n(-c3ccc(Oc4ccccc4)nc3)c3c(N)ncnc32)c1. The molecule has 158 valence electrons. The van der Waals surface area contributed by atoms with E-state index in [2.05, 4.69) is 20.3 Å². The van der Waals surface area contributed by atoms with Gasteiger partial charge in [-0.3, -0.25) is 4.57 Å². The zero-order valence-corrected chi connectivity index (χ0v) is 17.1. The van der Waals surface area contributed by atoms with Crippen molar-refractivity contribution in [2.24, 2.45) is 0 Å². The number of ether oxygens (including phenoxy) is 1. The smallest absolute Gasteiger partial charge is 0.339 e. The molecule has 3 heterocycles. The largest absolute Gasteiger partial charge is 0.439 e. The van der Waals surface area contributed by atoms with Gasteiger partial charge in [0.25, 0.3) is 0 Å². The fourth-order valence-electron chi connectivity index (χ4n) is 3.49. The number of aromatic nitrogens is 5. The summed E-state index contributed by atoms with van der Waals surface area (Å²) in [7, 11) is 1.82. The number of anilines is 2. The van der Waals surface area contributed by atoms with Crippen molar-refractivity contribution in [1.29, 1.82) is 0 Å². The van der Waals surface area contributed by atoms with Crippen molar-refractivity contribution in [2.75, 3.05) is 18.1 Å². The van der Waals surface area contributed by atoms with Gasteiger partial charge in [-0.05, 0) is 36.4 Å². The summed E-state index contributed by atoms with van der Waals surface area (Å²) in [6, 6.07) is 20.2. The Morgan fingerprint density at radius 2 is 1.75 bits per heavy atom. The summed E-state index contributed by atoms with van der Waals surface area (Å²) in [5.74, 6) is 1.27. The van der Waals surface area contributed by atoms with Crippen LogP contribution in [0, 0.1) is 0 Å². The molecule has 2 aromatic carbocycles. The van der Waals surface area contributed by atoms with Crippen LogP contribution in [0.4, 0.5) is 11.5 Å². The first kappa shape index (κ1) is 19.3. The molecule has 0 unspecified atom stereocenters. The Kier molecular flexibility index (Phi) is 4.75. The molecule has 0 aliphatic carbocycles. The van der Waals surface area contributed by atoms with E-state index in [0.717, 1.165) is 5.69 Å². The van der Waals surface area contributed by atoms with E-state index in [1.807, 2.05) is 61.6 Å². The van der Waals surface area contributed by atoms with Gasteiger partial charge in [0.05, 0.1) is 17.6 Å². The standard InChI is InChI=1S/C23H19N7O2/c1-25-15-6-5-7-16(12-15)30-22-20(21(24)27-14-28-22)29(23(30)31)17-10-11-19(26-13-17)32-18-8-3-2-4-9-18/h2-14,25H,1H3,(H2,24,27,28).